The van der Waals surface area contributed by atoms with Crippen molar-refractivity contribution in [3.05, 3.63) is 45.9 Å². The minimum absolute atomic E-state index is 0.0175. The lowest BCUT2D eigenvalue weighted by molar-refractivity contribution is 0.0746. The van der Waals surface area contributed by atoms with Gasteiger partial charge in [-0.2, -0.15) is 0 Å². The summed E-state index contributed by atoms with van der Waals surface area (Å²) in [6.07, 6.45) is 0. The Balaban J connectivity index is 1.85. The van der Waals surface area contributed by atoms with Gasteiger partial charge < -0.3 is 15.5 Å². The molecule has 0 saturated heterocycles. The summed E-state index contributed by atoms with van der Waals surface area (Å²) in [6, 6.07) is 8.21. The second-order valence-corrected chi connectivity index (χ2v) is 6.05. The van der Waals surface area contributed by atoms with Crippen molar-refractivity contribution in [2.24, 2.45) is 5.73 Å². The van der Waals surface area contributed by atoms with E-state index in [2.05, 4.69) is 29.1 Å². The minimum Gasteiger partial charge on any atom is -0.373 e. The molecule has 0 fully saturated rings. The van der Waals surface area contributed by atoms with E-state index < -0.39 is 0 Å². The molecule has 6 heteroatoms. The lowest BCUT2D eigenvalue weighted by Crippen LogP contribution is -2.34. The Hall–Kier alpha value is -1.92. The summed E-state index contributed by atoms with van der Waals surface area (Å²) < 4.78 is 0. The molecule has 0 unspecified atom stereocenters. The summed E-state index contributed by atoms with van der Waals surface area (Å²) in [4.78, 5) is 21.0. The van der Waals surface area contributed by atoms with Crippen LogP contribution in [0.25, 0.3) is 0 Å². The summed E-state index contributed by atoms with van der Waals surface area (Å²) in [6.45, 7) is 2.51. The minimum atomic E-state index is -0.0175. The van der Waals surface area contributed by atoms with E-state index in [1.54, 1.807) is 5.38 Å². The van der Waals surface area contributed by atoms with E-state index in [-0.39, 0.29) is 5.91 Å². The molecule has 2 N–H and O–H groups in total. The Kier molecular flexibility index (Phi) is 3.90. The smallest absolute Gasteiger partial charge is 0.273 e. The molecule has 0 bridgehead atoms. The van der Waals surface area contributed by atoms with E-state index in [1.165, 1.54) is 22.6 Å². The van der Waals surface area contributed by atoms with Crippen LogP contribution in [0.1, 0.15) is 21.1 Å². The highest BCUT2D eigenvalue weighted by atomic mass is 32.1. The number of aromatic nitrogens is 1. The summed E-state index contributed by atoms with van der Waals surface area (Å²) in [5.41, 5.74) is 8.42. The van der Waals surface area contributed by atoms with E-state index in [0.717, 1.165) is 11.6 Å². The number of nitrogens with two attached hydrogens (primary N) is 1. The van der Waals surface area contributed by atoms with Gasteiger partial charge in [0.05, 0.1) is 0 Å². The van der Waals surface area contributed by atoms with Gasteiger partial charge in [0.2, 0.25) is 0 Å². The van der Waals surface area contributed by atoms with E-state index >= 15 is 0 Å². The number of likely N-dealkylation sites (N-methyl/N-ethyl adjacent to an activating group) is 1. The number of amides is 1. The fraction of sp³-hybridized carbons (Fsp3) is 0.333. The molecule has 1 aromatic carbocycles. The fourth-order valence-electron chi connectivity index (χ4n) is 2.53. The molecule has 1 aliphatic heterocycles. The number of rotatable bonds is 2. The van der Waals surface area contributed by atoms with Crippen molar-refractivity contribution in [3.63, 3.8) is 0 Å². The van der Waals surface area contributed by atoms with Crippen molar-refractivity contribution in [1.29, 1.82) is 0 Å². The Morgan fingerprint density at radius 1 is 1.38 bits per heavy atom. The molecule has 5 nitrogen and oxygen atoms in total. The number of nitrogens with zero attached hydrogens (tertiary/aromatic N) is 3. The number of fused-ring (bicyclic) bond motifs is 1. The van der Waals surface area contributed by atoms with Gasteiger partial charge in [0.1, 0.15) is 10.7 Å². The predicted molar refractivity (Wildman–Crippen MR) is 84.5 cm³/mol. The zero-order chi connectivity index (χ0) is 14.8. The summed E-state index contributed by atoms with van der Waals surface area (Å²) in [5.74, 6) is -0.0175. The van der Waals surface area contributed by atoms with E-state index in [4.69, 9.17) is 5.73 Å². The molecular weight excluding hydrogens is 284 g/mol. The average molecular weight is 302 g/mol. The van der Waals surface area contributed by atoms with Crippen LogP contribution in [0.4, 0.5) is 5.69 Å². The topological polar surface area (TPSA) is 62.5 Å². The van der Waals surface area contributed by atoms with Gasteiger partial charge in [0, 0.05) is 44.3 Å². The van der Waals surface area contributed by atoms with Crippen LogP contribution in [-0.2, 0) is 13.1 Å². The molecule has 1 aromatic heterocycles. The Labute approximate surface area is 128 Å². The van der Waals surface area contributed by atoms with Gasteiger partial charge in [-0.15, -0.1) is 11.3 Å². The van der Waals surface area contributed by atoms with Crippen molar-refractivity contribution in [3.8, 4) is 0 Å². The highest BCUT2D eigenvalue weighted by Gasteiger charge is 2.23. The predicted octanol–water partition coefficient (Wildman–Crippen LogP) is 1.69. The molecule has 110 valence electrons. The summed E-state index contributed by atoms with van der Waals surface area (Å²) in [7, 11) is 2.06. The largest absolute Gasteiger partial charge is 0.373 e. The molecule has 2 aromatic rings. The molecule has 0 spiro atoms. The van der Waals surface area contributed by atoms with Gasteiger partial charge in [0.25, 0.3) is 5.91 Å². The number of para-hydroxylation sites is 1. The second kappa shape index (κ2) is 5.83. The number of anilines is 1. The Morgan fingerprint density at radius 3 is 2.95 bits per heavy atom. The highest BCUT2D eigenvalue weighted by molar-refractivity contribution is 7.09. The quantitative estimate of drug-likeness (QED) is 0.917. The van der Waals surface area contributed by atoms with Crippen LogP contribution in [0.5, 0.6) is 0 Å². The van der Waals surface area contributed by atoms with E-state index in [9.17, 15) is 4.79 Å². The monoisotopic (exact) mass is 302 g/mol. The number of thiazole rings is 1. The average Bonchev–Trinajstić information content (AvgIpc) is 2.93. The van der Waals surface area contributed by atoms with Gasteiger partial charge in [-0.05, 0) is 11.6 Å². The van der Waals surface area contributed by atoms with Gasteiger partial charge in [-0.3, -0.25) is 4.79 Å². The highest BCUT2D eigenvalue weighted by Crippen LogP contribution is 2.24. The molecule has 0 aliphatic carbocycles. The molecule has 21 heavy (non-hydrogen) atoms. The van der Waals surface area contributed by atoms with Gasteiger partial charge in [0.15, 0.2) is 0 Å². The Bertz CT molecular complexity index is 655. The molecule has 1 amide bonds. The van der Waals surface area contributed by atoms with Crippen LogP contribution in [0.3, 0.4) is 0 Å². The molecule has 1 aliphatic rings. The fourth-order valence-corrected chi connectivity index (χ4v) is 3.18. The first-order chi connectivity index (χ1) is 10.2. The van der Waals surface area contributed by atoms with Crippen LogP contribution in [0.15, 0.2) is 29.6 Å². The van der Waals surface area contributed by atoms with Crippen molar-refractivity contribution in [2.75, 3.05) is 25.0 Å². The van der Waals surface area contributed by atoms with E-state index in [1.807, 2.05) is 17.0 Å². The SMILES string of the molecule is CN1CCN(C(=O)c2csc(CN)n2)Cc2ccccc21. The molecular formula is C15H18N4OS. The van der Waals surface area contributed by atoms with Crippen LogP contribution in [-0.4, -0.2) is 35.9 Å². The maximum atomic E-state index is 12.6. The number of carbonyl (C=O) groups excluding carboxylic acids is 1. The maximum Gasteiger partial charge on any atom is 0.273 e. The van der Waals surface area contributed by atoms with Crippen LogP contribution in [0, 0.1) is 0 Å². The molecule has 0 saturated carbocycles. The molecule has 3 rings (SSSR count). The van der Waals surface area contributed by atoms with Gasteiger partial charge in [-0.1, -0.05) is 18.2 Å². The van der Waals surface area contributed by atoms with Crippen LogP contribution >= 0.6 is 11.3 Å². The third kappa shape index (κ3) is 2.77. The third-order valence-electron chi connectivity index (χ3n) is 3.70. The van der Waals surface area contributed by atoms with Gasteiger partial charge in [-0.25, -0.2) is 4.98 Å². The standard InChI is InChI=1S/C15H18N4OS/c1-18-6-7-19(9-11-4-2-3-5-13(11)18)15(20)12-10-21-14(8-16)17-12/h2-5,10H,6-9,16H2,1H3. The second-order valence-electron chi connectivity index (χ2n) is 5.11. The van der Waals surface area contributed by atoms with Crippen molar-refractivity contribution >= 4 is 22.9 Å². The van der Waals surface area contributed by atoms with Gasteiger partial charge >= 0.3 is 0 Å². The lowest BCUT2D eigenvalue weighted by atomic mass is 10.1. The summed E-state index contributed by atoms with van der Waals surface area (Å²) >= 11 is 1.44. The van der Waals surface area contributed by atoms with Crippen molar-refractivity contribution in [2.45, 2.75) is 13.1 Å². The number of hydrogen-bond donors (Lipinski definition) is 1. The van der Waals surface area contributed by atoms with Crippen LogP contribution < -0.4 is 10.6 Å². The normalized spacial score (nSPS) is 14.8. The van der Waals surface area contributed by atoms with Crippen LogP contribution in [0.2, 0.25) is 0 Å². The molecule has 0 atom stereocenters. The maximum absolute atomic E-state index is 12.6. The number of carbonyl (C=O) groups is 1. The lowest BCUT2D eigenvalue weighted by Gasteiger charge is -2.20. The first-order valence-electron chi connectivity index (χ1n) is 6.92. The van der Waals surface area contributed by atoms with Crippen molar-refractivity contribution < 1.29 is 4.79 Å². The zero-order valence-electron chi connectivity index (χ0n) is 12.0. The number of hydrogen-bond acceptors (Lipinski definition) is 5. The van der Waals surface area contributed by atoms with Crippen molar-refractivity contribution in [1.82, 2.24) is 9.88 Å². The molecule has 0 radical (unpaired) electrons. The first kappa shape index (κ1) is 14.0. The van der Waals surface area contributed by atoms with E-state index in [0.29, 0.717) is 25.3 Å². The third-order valence-corrected chi connectivity index (χ3v) is 4.57. The zero-order valence-corrected chi connectivity index (χ0v) is 12.8. The number of benzene rings is 1. The first-order valence-corrected chi connectivity index (χ1v) is 7.80. The Morgan fingerprint density at radius 2 is 2.19 bits per heavy atom. The molecule has 2 heterocycles. The summed E-state index contributed by atoms with van der Waals surface area (Å²) in [5, 5.41) is 2.59.